The van der Waals surface area contributed by atoms with Gasteiger partial charge < -0.3 is 5.11 Å². The molecule has 0 bridgehead atoms. The van der Waals surface area contributed by atoms with E-state index in [9.17, 15) is 5.11 Å². The van der Waals surface area contributed by atoms with Crippen LogP contribution in [0.25, 0.3) is 0 Å². The van der Waals surface area contributed by atoms with E-state index in [1.807, 2.05) is 0 Å². The Labute approximate surface area is 98.5 Å². The maximum absolute atomic E-state index is 9.93. The van der Waals surface area contributed by atoms with Crippen LogP contribution in [0.2, 0.25) is 0 Å². The lowest BCUT2D eigenvalue weighted by molar-refractivity contribution is 0.141. The molecule has 0 amide bonds. The van der Waals surface area contributed by atoms with Crippen molar-refractivity contribution >= 4 is 0 Å². The first-order chi connectivity index (χ1) is 7.81. The van der Waals surface area contributed by atoms with Gasteiger partial charge in [0, 0.05) is 0 Å². The Balaban J connectivity index is 2.07. The number of aliphatic hydroxyl groups is 1. The van der Waals surface area contributed by atoms with Gasteiger partial charge in [0.05, 0.1) is 6.10 Å². The fraction of sp³-hybridized carbons (Fsp3) is 0.600. The quantitative estimate of drug-likeness (QED) is 0.817. The van der Waals surface area contributed by atoms with Crippen LogP contribution in [0.3, 0.4) is 0 Å². The van der Waals surface area contributed by atoms with E-state index in [1.165, 1.54) is 30.4 Å². The Hall–Kier alpha value is -0.820. The van der Waals surface area contributed by atoms with Crippen LogP contribution in [-0.2, 0) is 6.42 Å². The molecule has 0 aliphatic heterocycles. The van der Waals surface area contributed by atoms with E-state index < -0.39 is 0 Å². The van der Waals surface area contributed by atoms with E-state index >= 15 is 0 Å². The van der Waals surface area contributed by atoms with Crippen LogP contribution in [0.4, 0.5) is 0 Å². The lowest BCUT2D eigenvalue weighted by atomic mass is 9.79. The van der Waals surface area contributed by atoms with Crippen molar-refractivity contribution in [3.63, 3.8) is 0 Å². The van der Waals surface area contributed by atoms with Crippen molar-refractivity contribution in [2.75, 3.05) is 0 Å². The second-order valence-electron chi connectivity index (χ2n) is 4.97. The normalized spacial score (nSPS) is 21.5. The van der Waals surface area contributed by atoms with E-state index in [0.717, 1.165) is 19.3 Å². The number of aryl methyl sites for hydroxylation is 1. The summed E-state index contributed by atoms with van der Waals surface area (Å²) >= 11 is 0. The Morgan fingerprint density at radius 2 is 2.19 bits per heavy atom. The summed E-state index contributed by atoms with van der Waals surface area (Å²) in [5.74, 6) is 0.589. The second-order valence-corrected chi connectivity index (χ2v) is 4.97. The smallest absolute Gasteiger partial charge is 0.0546 e. The molecule has 0 radical (unpaired) electrons. The van der Waals surface area contributed by atoms with E-state index in [1.54, 1.807) is 0 Å². The molecular formula is C15H22O. The van der Waals surface area contributed by atoms with Crippen molar-refractivity contribution in [1.82, 2.24) is 0 Å². The van der Waals surface area contributed by atoms with E-state index in [0.29, 0.717) is 5.92 Å². The average Bonchev–Trinajstić information content (AvgIpc) is 2.30. The van der Waals surface area contributed by atoms with Gasteiger partial charge >= 0.3 is 0 Å². The Morgan fingerprint density at radius 1 is 1.38 bits per heavy atom. The molecule has 0 heterocycles. The van der Waals surface area contributed by atoms with Crippen LogP contribution in [0.1, 0.15) is 56.1 Å². The lowest BCUT2D eigenvalue weighted by Gasteiger charge is -2.27. The third kappa shape index (κ3) is 2.65. The largest absolute Gasteiger partial charge is 0.393 e. The van der Waals surface area contributed by atoms with Gasteiger partial charge in [0.25, 0.3) is 0 Å². The van der Waals surface area contributed by atoms with Crippen molar-refractivity contribution < 1.29 is 5.11 Å². The molecule has 1 nitrogen and oxygen atoms in total. The minimum absolute atomic E-state index is 0.110. The topological polar surface area (TPSA) is 20.2 Å². The molecule has 0 spiro atoms. The zero-order chi connectivity index (χ0) is 11.4. The van der Waals surface area contributed by atoms with Gasteiger partial charge in [-0.3, -0.25) is 0 Å². The first-order valence-electron chi connectivity index (χ1n) is 6.57. The van der Waals surface area contributed by atoms with Gasteiger partial charge in [0.2, 0.25) is 0 Å². The monoisotopic (exact) mass is 218 g/mol. The fourth-order valence-corrected chi connectivity index (χ4v) is 2.88. The molecule has 0 fully saturated rings. The van der Waals surface area contributed by atoms with Crippen LogP contribution in [0, 0.1) is 0 Å². The summed E-state index contributed by atoms with van der Waals surface area (Å²) in [6.45, 7) is 2.14. The minimum atomic E-state index is -0.110. The maximum atomic E-state index is 9.93. The molecule has 1 heteroatoms. The van der Waals surface area contributed by atoms with E-state index in [4.69, 9.17) is 0 Å². The summed E-state index contributed by atoms with van der Waals surface area (Å²) in [4.78, 5) is 0. The van der Waals surface area contributed by atoms with Gasteiger partial charge in [-0.05, 0) is 49.1 Å². The van der Waals surface area contributed by atoms with Gasteiger partial charge in [-0.2, -0.15) is 0 Å². The van der Waals surface area contributed by atoms with Crippen LogP contribution in [-0.4, -0.2) is 11.2 Å². The number of aliphatic hydroxyl groups excluding tert-OH is 1. The molecule has 1 aromatic carbocycles. The predicted molar refractivity (Wildman–Crippen MR) is 67.7 cm³/mol. The Bertz CT molecular complexity index is 332. The van der Waals surface area contributed by atoms with Crippen molar-refractivity contribution in [1.29, 1.82) is 0 Å². The summed E-state index contributed by atoms with van der Waals surface area (Å²) in [5, 5.41) is 9.93. The second kappa shape index (κ2) is 5.49. The van der Waals surface area contributed by atoms with Crippen molar-refractivity contribution in [2.45, 2.75) is 57.5 Å². The summed E-state index contributed by atoms with van der Waals surface area (Å²) in [6.07, 6.45) is 6.61. The number of hydrogen-bond acceptors (Lipinski definition) is 1. The predicted octanol–water partition coefficient (Wildman–Crippen LogP) is 3.66. The molecule has 0 unspecified atom stereocenters. The van der Waals surface area contributed by atoms with Gasteiger partial charge in [-0.1, -0.05) is 37.6 Å². The van der Waals surface area contributed by atoms with Crippen LogP contribution in [0.15, 0.2) is 24.3 Å². The highest BCUT2D eigenvalue weighted by Gasteiger charge is 2.21. The molecule has 2 rings (SSSR count). The SMILES string of the molecule is CCC[C@H](O)C[C@H]1CCCc2ccccc21. The Kier molecular flexibility index (Phi) is 4.00. The molecule has 2 atom stereocenters. The number of hydrogen-bond donors (Lipinski definition) is 1. The Morgan fingerprint density at radius 3 is 3.00 bits per heavy atom. The van der Waals surface area contributed by atoms with Crippen LogP contribution >= 0.6 is 0 Å². The third-order valence-corrected chi connectivity index (χ3v) is 3.67. The average molecular weight is 218 g/mol. The lowest BCUT2D eigenvalue weighted by Crippen LogP contribution is -2.16. The van der Waals surface area contributed by atoms with Gasteiger partial charge in [0.1, 0.15) is 0 Å². The zero-order valence-electron chi connectivity index (χ0n) is 10.2. The molecule has 88 valence electrons. The molecule has 16 heavy (non-hydrogen) atoms. The zero-order valence-corrected chi connectivity index (χ0v) is 10.2. The molecule has 1 aliphatic carbocycles. The highest BCUT2D eigenvalue weighted by molar-refractivity contribution is 5.32. The van der Waals surface area contributed by atoms with Crippen LogP contribution in [0.5, 0.6) is 0 Å². The molecule has 0 saturated carbocycles. The van der Waals surface area contributed by atoms with Gasteiger partial charge in [0.15, 0.2) is 0 Å². The summed E-state index contributed by atoms with van der Waals surface area (Å²) in [6, 6.07) is 8.75. The van der Waals surface area contributed by atoms with Crippen molar-refractivity contribution in [3.05, 3.63) is 35.4 Å². The standard InChI is InChI=1S/C15H22O/c1-2-6-14(16)11-13-9-5-8-12-7-3-4-10-15(12)13/h3-4,7,10,13-14,16H,2,5-6,8-9,11H2,1H3/t13-,14+/m1/s1. The number of benzene rings is 1. The highest BCUT2D eigenvalue weighted by Crippen LogP contribution is 2.35. The summed E-state index contributed by atoms with van der Waals surface area (Å²) in [5.41, 5.74) is 2.99. The summed E-state index contributed by atoms with van der Waals surface area (Å²) in [7, 11) is 0. The minimum Gasteiger partial charge on any atom is -0.393 e. The van der Waals surface area contributed by atoms with Crippen LogP contribution < -0.4 is 0 Å². The van der Waals surface area contributed by atoms with Crippen molar-refractivity contribution in [2.24, 2.45) is 0 Å². The van der Waals surface area contributed by atoms with Gasteiger partial charge in [-0.15, -0.1) is 0 Å². The molecule has 0 saturated heterocycles. The van der Waals surface area contributed by atoms with Gasteiger partial charge in [-0.25, -0.2) is 0 Å². The fourth-order valence-electron chi connectivity index (χ4n) is 2.88. The first kappa shape index (κ1) is 11.7. The number of fused-ring (bicyclic) bond motifs is 1. The highest BCUT2D eigenvalue weighted by atomic mass is 16.3. The van der Waals surface area contributed by atoms with Crippen molar-refractivity contribution in [3.8, 4) is 0 Å². The third-order valence-electron chi connectivity index (χ3n) is 3.67. The van der Waals surface area contributed by atoms with E-state index in [2.05, 4.69) is 31.2 Å². The molecule has 1 N–H and O–H groups in total. The molecular weight excluding hydrogens is 196 g/mol. The molecule has 0 aromatic heterocycles. The summed E-state index contributed by atoms with van der Waals surface area (Å²) < 4.78 is 0. The molecule has 1 aromatic rings. The number of rotatable bonds is 4. The molecule has 1 aliphatic rings. The van der Waals surface area contributed by atoms with E-state index in [-0.39, 0.29) is 6.10 Å². The maximum Gasteiger partial charge on any atom is 0.0546 e. The first-order valence-corrected chi connectivity index (χ1v) is 6.57.